The quantitative estimate of drug-likeness (QED) is 0.783. The van der Waals surface area contributed by atoms with Crippen LogP contribution in [-0.4, -0.2) is 25.7 Å². The predicted molar refractivity (Wildman–Crippen MR) is 54.1 cm³/mol. The standard InChI is InChI=1S/C9H8ClN3O2/c1-5-6(4-8(14)15)9(10)13-7(12-5)2-3-11-13/h2-3H,4H2,1H3,(H,14,15). The Balaban J connectivity index is 2.66. The van der Waals surface area contributed by atoms with Crippen LogP contribution in [0.25, 0.3) is 5.65 Å². The number of aromatic nitrogens is 3. The molecule has 0 amide bonds. The van der Waals surface area contributed by atoms with Crippen molar-refractivity contribution in [3.8, 4) is 0 Å². The van der Waals surface area contributed by atoms with Gasteiger partial charge >= 0.3 is 5.97 Å². The summed E-state index contributed by atoms with van der Waals surface area (Å²) in [5.41, 5.74) is 1.74. The predicted octanol–water partition coefficient (Wildman–Crippen LogP) is 1.32. The molecule has 0 radical (unpaired) electrons. The van der Waals surface area contributed by atoms with E-state index in [1.165, 1.54) is 4.52 Å². The molecule has 0 unspecified atom stereocenters. The lowest BCUT2D eigenvalue weighted by atomic mass is 10.2. The molecule has 0 saturated heterocycles. The summed E-state index contributed by atoms with van der Waals surface area (Å²) in [4.78, 5) is 14.8. The number of aliphatic carboxylic acids is 1. The molecule has 0 bridgehead atoms. The number of rotatable bonds is 2. The lowest BCUT2D eigenvalue weighted by Crippen LogP contribution is -2.07. The summed E-state index contributed by atoms with van der Waals surface area (Å²) in [6, 6.07) is 1.71. The maximum Gasteiger partial charge on any atom is 0.308 e. The normalized spacial score (nSPS) is 10.8. The molecule has 0 saturated carbocycles. The minimum atomic E-state index is -0.937. The van der Waals surface area contributed by atoms with E-state index in [2.05, 4.69) is 10.1 Å². The third-order valence-corrected chi connectivity index (χ3v) is 2.49. The minimum Gasteiger partial charge on any atom is -0.481 e. The molecule has 2 aromatic rings. The van der Waals surface area contributed by atoms with E-state index in [1.807, 2.05) is 0 Å². The zero-order chi connectivity index (χ0) is 11.0. The van der Waals surface area contributed by atoms with Crippen molar-refractivity contribution >= 4 is 23.2 Å². The van der Waals surface area contributed by atoms with Crippen LogP contribution in [0.1, 0.15) is 11.3 Å². The van der Waals surface area contributed by atoms with E-state index in [9.17, 15) is 4.79 Å². The van der Waals surface area contributed by atoms with Gasteiger partial charge in [-0.15, -0.1) is 0 Å². The molecular weight excluding hydrogens is 218 g/mol. The zero-order valence-corrected chi connectivity index (χ0v) is 8.69. The molecule has 0 spiro atoms. The Kier molecular flexibility index (Phi) is 2.32. The monoisotopic (exact) mass is 225 g/mol. The molecule has 15 heavy (non-hydrogen) atoms. The number of carboxylic acids is 1. The molecule has 0 aliphatic rings. The fourth-order valence-corrected chi connectivity index (χ4v) is 1.73. The first kappa shape index (κ1) is 9.92. The van der Waals surface area contributed by atoms with Crippen LogP contribution in [0.3, 0.4) is 0 Å². The highest BCUT2D eigenvalue weighted by Crippen LogP contribution is 2.20. The molecule has 0 fully saturated rings. The number of carboxylic acid groups (broad SMARTS) is 1. The van der Waals surface area contributed by atoms with Crippen LogP contribution in [0.4, 0.5) is 0 Å². The Bertz CT molecular complexity index is 535. The highest BCUT2D eigenvalue weighted by atomic mass is 35.5. The Labute approximate surface area is 90.3 Å². The number of halogens is 1. The Morgan fingerprint density at radius 1 is 1.67 bits per heavy atom. The van der Waals surface area contributed by atoms with Crippen molar-refractivity contribution < 1.29 is 9.90 Å². The van der Waals surface area contributed by atoms with E-state index in [0.29, 0.717) is 22.1 Å². The second-order valence-corrected chi connectivity index (χ2v) is 3.50. The van der Waals surface area contributed by atoms with Gasteiger partial charge in [-0.3, -0.25) is 4.79 Å². The SMILES string of the molecule is Cc1nc2ccnn2c(Cl)c1CC(=O)O. The van der Waals surface area contributed by atoms with Crippen LogP contribution in [0.2, 0.25) is 5.15 Å². The number of hydrogen-bond donors (Lipinski definition) is 1. The summed E-state index contributed by atoms with van der Waals surface area (Å²) in [7, 11) is 0. The van der Waals surface area contributed by atoms with Crippen molar-refractivity contribution in [3.63, 3.8) is 0 Å². The maximum atomic E-state index is 10.6. The molecule has 5 nitrogen and oxygen atoms in total. The lowest BCUT2D eigenvalue weighted by Gasteiger charge is -2.06. The van der Waals surface area contributed by atoms with Crippen molar-refractivity contribution in [2.45, 2.75) is 13.3 Å². The molecule has 1 N–H and O–H groups in total. The van der Waals surface area contributed by atoms with Gasteiger partial charge in [-0.2, -0.15) is 5.10 Å². The molecule has 0 aromatic carbocycles. The number of carbonyl (C=O) groups is 1. The smallest absolute Gasteiger partial charge is 0.308 e. The van der Waals surface area contributed by atoms with Crippen molar-refractivity contribution in [3.05, 3.63) is 28.7 Å². The van der Waals surface area contributed by atoms with Crippen LogP contribution >= 0.6 is 11.6 Å². The van der Waals surface area contributed by atoms with E-state index >= 15 is 0 Å². The number of nitrogens with zero attached hydrogens (tertiary/aromatic N) is 3. The summed E-state index contributed by atoms with van der Waals surface area (Å²) in [6.45, 7) is 1.73. The minimum absolute atomic E-state index is 0.145. The van der Waals surface area contributed by atoms with E-state index < -0.39 is 5.97 Å². The van der Waals surface area contributed by atoms with E-state index in [0.717, 1.165) is 0 Å². The third-order valence-electron chi connectivity index (χ3n) is 2.10. The van der Waals surface area contributed by atoms with Crippen molar-refractivity contribution in [2.75, 3.05) is 0 Å². The van der Waals surface area contributed by atoms with E-state index in [4.69, 9.17) is 16.7 Å². The summed E-state index contributed by atoms with van der Waals surface area (Å²) in [5.74, 6) is -0.937. The largest absolute Gasteiger partial charge is 0.481 e. The Morgan fingerprint density at radius 3 is 3.07 bits per heavy atom. The summed E-state index contributed by atoms with van der Waals surface area (Å²) in [5, 5.41) is 13.0. The average molecular weight is 226 g/mol. The van der Waals surface area contributed by atoms with Gasteiger partial charge in [-0.1, -0.05) is 11.6 Å². The van der Waals surface area contributed by atoms with Crippen molar-refractivity contribution in [1.82, 2.24) is 14.6 Å². The third kappa shape index (κ3) is 1.66. The van der Waals surface area contributed by atoms with Gasteiger partial charge < -0.3 is 5.11 Å². The Hall–Kier alpha value is -1.62. The van der Waals surface area contributed by atoms with Crippen molar-refractivity contribution in [2.24, 2.45) is 0 Å². The zero-order valence-electron chi connectivity index (χ0n) is 7.94. The van der Waals surface area contributed by atoms with Gasteiger partial charge in [0, 0.05) is 17.3 Å². The molecule has 2 rings (SSSR count). The van der Waals surface area contributed by atoms with Gasteiger partial charge in [0.05, 0.1) is 12.6 Å². The van der Waals surface area contributed by atoms with E-state index in [-0.39, 0.29) is 6.42 Å². The first-order valence-corrected chi connectivity index (χ1v) is 4.68. The molecule has 78 valence electrons. The van der Waals surface area contributed by atoms with Gasteiger partial charge in [0.25, 0.3) is 0 Å². The number of aryl methyl sites for hydroxylation is 1. The lowest BCUT2D eigenvalue weighted by molar-refractivity contribution is -0.136. The van der Waals surface area contributed by atoms with Crippen molar-refractivity contribution in [1.29, 1.82) is 0 Å². The average Bonchev–Trinajstić information content (AvgIpc) is 2.59. The summed E-state index contributed by atoms with van der Waals surface area (Å²) in [6.07, 6.45) is 1.42. The van der Waals surface area contributed by atoms with Gasteiger partial charge in [0.15, 0.2) is 5.65 Å². The molecule has 0 aliphatic carbocycles. The number of hydrogen-bond acceptors (Lipinski definition) is 3. The fraction of sp³-hybridized carbons (Fsp3) is 0.222. The van der Waals surface area contributed by atoms with Gasteiger partial charge in [-0.05, 0) is 6.92 Å². The second-order valence-electron chi connectivity index (χ2n) is 3.14. The first-order valence-electron chi connectivity index (χ1n) is 4.30. The molecule has 2 heterocycles. The maximum absolute atomic E-state index is 10.6. The molecule has 0 aliphatic heterocycles. The molecule has 2 aromatic heterocycles. The summed E-state index contributed by atoms with van der Waals surface area (Å²) < 4.78 is 1.42. The topological polar surface area (TPSA) is 67.5 Å². The molecule has 6 heteroatoms. The highest BCUT2D eigenvalue weighted by molar-refractivity contribution is 6.30. The van der Waals surface area contributed by atoms with Gasteiger partial charge in [0.2, 0.25) is 0 Å². The second kappa shape index (κ2) is 3.51. The van der Waals surface area contributed by atoms with Crippen LogP contribution in [0.15, 0.2) is 12.3 Å². The molecule has 0 atom stereocenters. The number of fused-ring (bicyclic) bond motifs is 1. The first-order chi connectivity index (χ1) is 7.09. The van der Waals surface area contributed by atoms with Gasteiger partial charge in [-0.25, -0.2) is 9.50 Å². The van der Waals surface area contributed by atoms with Crippen LogP contribution in [0, 0.1) is 6.92 Å². The molecular formula is C9H8ClN3O2. The summed E-state index contributed by atoms with van der Waals surface area (Å²) >= 11 is 6.03. The van der Waals surface area contributed by atoms with Crippen LogP contribution < -0.4 is 0 Å². The highest BCUT2D eigenvalue weighted by Gasteiger charge is 2.14. The van der Waals surface area contributed by atoms with E-state index in [1.54, 1.807) is 19.2 Å². The van der Waals surface area contributed by atoms with Gasteiger partial charge in [0.1, 0.15) is 5.15 Å². The fourth-order valence-electron chi connectivity index (χ4n) is 1.40. The van der Waals surface area contributed by atoms with Crippen LogP contribution in [0.5, 0.6) is 0 Å². The Morgan fingerprint density at radius 2 is 2.40 bits per heavy atom. The van der Waals surface area contributed by atoms with Crippen LogP contribution in [-0.2, 0) is 11.2 Å².